The number of carbonyl (C=O) groups is 2. The van der Waals surface area contributed by atoms with Crippen molar-refractivity contribution < 1.29 is 32.6 Å². The van der Waals surface area contributed by atoms with Gasteiger partial charge in [-0.2, -0.15) is 18.4 Å². The van der Waals surface area contributed by atoms with Gasteiger partial charge in [0, 0.05) is 40.3 Å². The number of hydrogen-bond acceptors (Lipinski definition) is 9. The van der Waals surface area contributed by atoms with Crippen molar-refractivity contribution in [2.75, 3.05) is 38.2 Å². The van der Waals surface area contributed by atoms with Crippen molar-refractivity contribution in [3.8, 4) is 22.9 Å². The fraction of sp³-hybridized carbons (Fsp3) is 0.273. The number of carboxylic acids is 1. The Morgan fingerprint density at radius 1 is 1.14 bits per heavy atom. The van der Waals surface area contributed by atoms with E-state index in [2.05, 4.69) is 9.97 Å². The molecule has 1 aliphatic heterocycles. The number of aromatic nitrogens is 3. The third-order valence-electron chi connectivity index (χ3n) is 8.20. The number of hydrogen-bond donors (Lipinski definition) is 1. The summed E-state index contributed by atoms with van der Waals surface area (Å²) in [7, 11) is 1.65. The number of amides is 1. The predicted molar refractivity (Wildman–Crippen MR) is 178 cm³/mol. The third kappa shape index (κ3) is 6.18. The minimum atomic E-state index is -4.94. The van der Waals surface area contributed by atoms with Crippen LogP contribution >= 0.6 is 22.9 Å². The van der Waals surface area contributed by atoms with Crippen molar-refractivity contribution in [2.24, 2.45) is 0 Å². The average Bonchev–Trinajstić information content (AvgIpc) is 3.46. The van der Waals surface area contributed by atoms with E-state index in [-0.39, 0.29) is 55.1 Å². The van der Waals surface area contributed by atoms with E-state index in [1.54, 1.807) is 49.2 Å². The number of halogens is 4. The molecule has 0 atom stereocenters. The molecule has 1 aliphatic rings. The van der Waals surface area contributed by atoms with Gasteiger partial charge in [-0.1, -0.05) is 11.6 Å². The van der Waals surface area contributed by atoms with Crippen LogP contribution in [0.2, 0.25) is 5.02 Å². The summed E-state index contributed by atoms with van der Waals surface area (Å²) in [4.78, 5) is 49.9. The Balaban J connectivity index is 1.40. The summed E-state index contributed by atoms with van der Waals surface area (Å²) in [5.41, 5.74) is -1.39. The van der Waals surface area contributed by atoms with E-state index in [1.165, 1.54) is 28.2 Å². The summed E-state index contributed by atoms with van der Waals surface area (Å²) in [5, 5.41) is 21.4. The Kier molecular flexibility index (Phi) is 8.82. The van der Waals surface area contributed by atoms with Crippen molar-refractivity contribution in [3.05, 3.63) is 79.3 Å². The van der Waals surface area contributed by atoms with Crippen molar-refractivity contribution in [2.45, 2.75) is 26.6 Å². The molecule has 16 heteroatoms. The number of pyridine rings is 1. The molecule has 1 amide bonds. The maximum absolute atomic E-state index is 14.4. The van der Waals surface area contributed by atoms with Crippen LogP contribution < -0.4 is 15.2 Å². The molecular weight excluding hydrogens is 685 g/mol. The fourth-order valence-corrected chi connectivity index (χ4v) is 7.13. The van der Waals surface area contributed by atoms with E-state index in [0.29, 0.717) is 43.9 Å². The smallest absolute Gasteiger partial charge is 0.418 e. The van der Waals surface area contributed by atoms with Crippen LogP contribution in [0.25, 0.3) is 32.2 Å². The lowest BCUT2D eigenvalue weighted by Gasteiger charge is -2.34. The van der Waals surface area contributed by atoms with Crippen LogP contribution in [0.1, 0.15) is 33.0 Å². The van der Waals surface area contributed by atoms with Crippen LogP contribution in [0.4, 0.5) is 18.9 Å². The second-order valence-electron chi connectivity index (χ2n) is 11.5. The van der Waals surface area contributed by atoms with E-state index in [9.17, 15) is 37.9 Å². The lowest BCUT2D eigenvalue weighted by molar-refractivity contribution is -0.137. The monoisotopic (exact) mass is 710 g/mol. The number of piperazine rings is 1. The summed E-state index contributed by atoms with van der Waals surface area (Å²) in [6.45, 7) is 3.00. The first-order valence-corrected chi connectivity index (χ1v) is 16.0. The van der Waals surface area contributed by atoms with Gasteiger partial charge < -0.3 is 14.7 Å². The zero-order valence-electron chi connectivity index (χ0n) is 26.2. The molecule has 3 aromatic heterocycles. The highest BCUT2D eigenvalue weighted by atomic mass is 35.5. The van der Waals surface area contributed by atoms with Crippen LogP contribution in [-0.2, 0) is 17.5 Å². The van der Waals surface area contributed by atoms with Crippen molar-refractivity contribution >= 4 is 61.6 Å². The number of aromatic carboxylic acids is 1. The van der Waals surface area contributed by atoms with E-state index in [0.717, 1.165) is 4.90 Å². The van der Waals surface area contributed by atoms with Gasteiger partial charge in [-0.05, 0) is 51.2 Å². The molecule has 252 valence electrons. The van der Waals surface area contributed by atoms with Crippen LogP contribution in [0, 0.1) is 25.2 Å². The lowest BCUT2D eigenvalue weighted by Crippen LogP contribution is -2.49. The lowest BCUT2D eigenvalue weighted by atomic mass is 10.00. The molecule has 6 rings (SSSR count). The Labute approximate surface area is 285 Å². The highest BCUT2D eigenvalue weighted by Crippen LogP contribution is 2.42. The van der Waals surface area contributed by atoms with Crippen molar-refractivity contribution in [3.63, 3.8) is 0 Å². The second-order valence-corrected chi connectivity index (χ2v) is 12.8. The van der Waals surface area contributed by atoms with Crippen molar-refractivity contribution in [1.29, 1.82) is 5.26 Å². The zero-order chi connectivity index (χ0) is 35.4. The standard InChI is InChI=1S/C33H26ClF3N6O5S/c1-16-10-20(30-28(39-16)22(15-49-30)32(46)47)19-11-18(34)4-5-25(19)48-9-8-42-17(2)40-24-12-23(33(35,36)37)29(21(13-38)27(24)31(42)45)43-7-6-41(3)14-26(43)44/h4-5,10-12,15H,6-9,14H2,1-3H3,(H,46,47). The molecule has 4 heterocycles. The van der Waals surface area contributed by atoms with Gasteiger partial charge in [-0.25, -0.2) is 9.78 Å². The van der Waals surface area contributed by atoms with E-state index >= 15 is 0 Å². The molecule has 1 fully saturated rings. The van der Waals surface area contributed by atoms with Crippen LogP contribution in [0.3, 0.4) is 0 Å². The molecule has 11 nitrogen and oxygen atoms in total. The Bertz CT molecular complexity index is 2300. The number of aryl methyl sites for hydroxylation is 2. The minimum absolute atomic E-state index is 0.0624. The third-order valence-corrected chi connectivity index (χ3v) is 9.43. The van der Waals surface area contributed by atoms with Gasteiger partial charge in [0.25, 0.3) is 5.56 Å². The van der Waals surface area contributed by atoms with Gasteiger partial charge >= 0.3 is 12.1 Å². The largest absolute Gasteiger partial charge is 0.491 e. The number of rotatable bonds is 7. The summed E-state index contributed by atoms with van der Waals surface area (Å²) in [6.07, 6.45) is -4.94. The number of ether oxygens (including phenoxy) is 1. The first kappa shape index (κ1) is 33.8. The first-order valence-electron chi connectivity index (χ1n) is 14.8. The van der Waals surface area contributed by atoms with Gasteiger partial charge in [0.15, 0.2) is 0 Å². The van der Waals surface area contributed by atoms with Crippen LogP contribution in [-0.4, -0.2) is 69.7 Å². The molecule has 0 spiro atoms. The summed E-state index contributed by atoms with van der Waals surface area (Å²) in [5.74, 6) is -1.29. The van der Waals surface area contributed by atoms with Gasteiger partial charge in [-0.15, -0.1) is 11.3 Å². The molecule has 0 radical (unpaired) electrons. The molecule has 1 saturated heterocycles. The maximum Gasteiger partial charge on any atom is 0.418 e. The van der Waals surface area contributed by atoms with Crippen LogP contribution in [0.5, 0.6) is 5.75 Å². The number of nitrogens with zero attached hydrogens (tertiary/aromatic N) is 6. The highest BCUT2D eigenvalue weighted by molar-refractivity contribution is 7.18. The van der Waals surface area contributed by atoms with Gasteiger partial charge in [-0.3, -0.25) is 24.0 Å². The molecule has 2 aromatic carbocycles. The molecular formula is C33H26ClF3N6O5S. The number of carbonyl (C=O) groups excluding carboxylic acids is 1. The average molecular weight is 711 g/mol. The highest BCUT2D eigenvalue weighted by Gasteiger charge is 2.40. The summed E-state index contributed by atoms with van der Waals surface area (Å²) >= 11 is 7.56. The topological polar surface area (TPSA) is 142 Å². The number of thiophene rings is 1. The molecule has 1 N–H and O–H groups in total. The van der Waals surface area contributed by atoms with E-state index in [4.69, 9.17) is 16.3 Å². The fourth-order valence-electron chi connectivity index (χ4n) is 5.95. The molecule has 0 unspecified atom stereocenters. The molecule has 49 heavy (non-hydrogen) atoms. The number of nitriles is 1. The molecule has 0 bridgehead atoms. The Morgan fingerprint density at radius 2 is 1.90 bits per heavy atom. The Hall–Kier alpha value is -5.04. The van der Waals surface area contributed by atoms with Gasteiger partial charge in [0.1, 0.15) is 24.3 Å². The van der Waals surface area contributed by atoms with E-state index < -0.39 is 40.4 Å². The number of carboxylic acid groups (broad SMARTS) is 1. The SMILES string of the molecule is Cc1cc(-c2cc(Cl)ccc2OCCn2c(C)nc3cc(C(F)(F)F)c(N4CCN(C)CC4=O)c(C#N)c3c2=O)c2scc(C(=O)O)c2n1. The van der Waals surface area contributed by atoms with E-state index in [1.807, 2.05) is 0 Å². The first-order chi connectivity index (χ1) is 23.2. The second kappa shape index (κ2) is 12.8. The zero-order valence-corrected chi connectivity index (χ0v) is 27.8. The number of benzene rings is 2. The number of anilines is 1. The molecule has 5 aromatic rings. The predicted octanol–water partition coefficient (Wildman–Crippen LogP) is 5.89. The van der Waals surface area contributed by atoms with Gasteiger partial charge in [0.2, 0.25) is 5.91 Å². The summed E-state index contributed by atoms with van der Waals surface area (Å²) in [6, 6.07) is 9.16. The normalized spacial score (nSPS) is 14.1. The number of alkyl halides is 3. The van der Waals surface area contributed by atoms with Gasteiger partial charge in [0.05, 0.1) is 56.6 Å². The molecule has 0 aliphatic carbocycles. The maximum atomic E-state index is 14.4. The van der Waals surface area contributed by atoms with Crippen LogP contribution in [0.15, 0.2) is 40.5 Å². The van der Waals surface area contributed by atoms with Crippen molar-refractivity contribution in [1.82, 2.24) is 19.4 Å². The molecule has 0 saturated carbocycles. The number of likely N-dealkylation sites (N-methyl/N-ethyl adjacent to an activating group) is 1. The minimum Gasteiger partial charge on any atom is -0.491 e. The number of fused-ring (bicyclic) bond motifs is 2. The Morgan fingerprint density at radius 3 is 2.57 bits per heavy atom. The quantitative estimate of drug-likeness (QED) is 0.219. The summed E-state index contributed by atoms with van der Waals surface area (Å²) < 4.78 is 51.0.